The van der Waals surface area contributed by atoms with E-state index in [4.69, 9.17) is 16.3 Å². The van der Waals surface area contributed by atoms with Gasteiger partial charge in [0.15, 0.2) is 0 Å². The summed E-state index contributed by atoms with van der Waals surface area (Å²) < 4.78 is 5.12. The van der Waals surface area contributed by atoms with Crippen molar-refractivity contribution in [2.45, 2.75) is 6.42 Å². The molecule has 1 N–H and O–H groups in total. The fourth-order valence-electron chi connectivity index (χ4n) is 2.70. The molecule has 0 aliphatic carbocycles. The molecule has 3 rings (SSSR count). The molecule has 1 aromatic carbocycles. The highest BCUT2D eigenvalue weighted by Crippen LogP contribution is 2.27. The van der Waals surface area contributed by atoms with E-state index in [1.165, 1.54) is 5.56 Å². The van der Waals surface area contributed by atoms with Gasteiger partial charge in [-0.3, -0.25) is 14.8 Å². The van der Waals surface area contributed by atoms with E-state index in [-0.39, 0.29) is 5.91 Å². The summed E-state index contributed by atoms with van der Waals surface area (Å²) in [5, 5.41) is 3.24. The molecule has 3 aromatic rings. The van der Waals surface area contributed by atoms with Crippen molar-refractivity contribution in [2.24, 2.45) is 0 Å². The first-order valence-electron chi connectivity index (χ1n) is 8.78. The Labute approximate surface area is 169 Å². The Balaban J connectivity index is 1.66. The predicted octanol–water partition coefficient (Wildman–Crippen LogP) is 4.07. The van der Waals surface area contributed by atoms with Crippen LogP contribution in [-0.2, 0) is 6.42 Å². The number of rotatable bonds is 7. The number of anilines is 2. The maximum atomic E-state index is 12.6. The number of halogens is 1. The molecule has 1 amide bonds. The van der Waals surface area contributed by atoms with E-state index in [2.05, 4.69) is 20.2 Å². The molecule has 7 heteroatoms. The zero-order valence-corrected chi connectivity index (χ0v) is 16.5. The second kappa shape index (κ2) is 9.19. The van der Waals surface area contributed by atoms with Crippen LogP contribution in [0.5, 0.6) is 5.75 Å². The van der Waals surface area contributed by atoms with Gasteiger partial charge in [0, 0.05) is 43.6 Å². The maximum absolute atomic E-state index is 12.6. The van der Waals surface area contributed by atoms with Crippen molar-refractivity contribution in [2.75, 3.05) is 30.9 Å². The number of nitrogens with one attached hydrogen (secondary N) is 1. The molecule has 0 unspecified atom stereocenters. The van der Waals surface area contributed by atoms with Crippen LogP contribution in [-0.4, -0.2) is 36.6 Å². The molecule has 0 saturated carbocycles. The zero-order valence-electron chi connectivity index (χ0n) is 15.7. The number of benzene rings is 1. The number of nitrogens with zero attached hydrogens (tertiary/aromatic N) is 3. The van der Waals surface area contributed by atoms with Crippen LogP contribution in [0, 0.1) is 0 Å². The van der Waals surface area contributed by atoms with E-state index in [0.717, 1.165) is 18.7 Å². The lowest BCUT2D eigenvalue weighted by molar-refractivity contribution is 0.102. The smallest absolute Gasteiger partial charge is 0.274 e. The Hall–Kier alpha value is -3.12. The van der Waals surface area contributed by atoms with Crippen LogP contribution < -0.4 is 15.0 Å². The third-order valence-corrected chi connectivity index (χ3v) is 4.61. The minimum atomic E-state index is -0.300. The third-order valence-electron chi connectivity index (χ3n) is 4.31. The number of aromatic nitrogens is 2. The zero-order chi connectivity index (χ0) is 19.9. The van der Waals surface area contributed by atoms with Crippen LogP contribution in [0.4, 0.5) is 11.4 Å². The Morgan fingerprint density at radius 3 is 2.64 bits per heavy atom. The molecule has 0 bridgehead atoms. The van der Waals surface area contributed by atoms with Crippen LogP contribution in [0.1, 0.15) is 16.1 Å². The average Bonchev–Trinajstić information content (AvgIpc) is 2.73. The summed E-state index contributed by atoms with van der Waals surface area (Å²) in [5.41, 5.74) is 3.04. The van der Waals surface area contributed by atoms with Gasteiger partial charge in [-0.25, -0.2) is 0 Å². The van der Waals surface area contributed by atoms with Crippen LogP contribution in [0.3, 0.4) is 0 Å². The summed E-state index contributed by atoms with van der Waals surface area (Å²) in [6.07, 6.45) is 6.09. The standard InChI is InChI=1S/C21H21ClN4O2/c1-26(12-8-15-5-9-23-10-6-15)17-7-11-24-19(14-17)21(27)25-16-3-4-20(28-2)18(22)13-16/h3-7,9-11,13-14H,8,12H2,1-2H3,(H,25,27). The fraction of sp³-hybridized carbons (Fsp3) is 0.190. The number of carbonyl (C=O) groups excluding carboxylic acids is 1. The Morgan fingerprint density at radius 2 is 1.93 bits per heavy atom. The van der Waals surface area contributed by atoms with Crippen LogP contribution >= 0.6 is 11.6 Å². The molecule has 0 atom stereocenters. The minimum absolute atomic E-state index is 0.300. The van der Waals surface area contributed by atoms with Gasteiger partial charge in [0.25, 0.3) is 5.91 Å². The minimum Gasteiger partial charge on any atom is -0.495 e. The lowest BCUT2D eigenvalue weighted by Gasteiger charge is -2.19. The molecule has 28 heavy (non-hydrogen) atoms. The van der Waals surface area contributed by atoms with E-state index >= 15 is 0 Å². The molecular formula is C21H21ClN4O2. The summed E-state index contributed by atoms with van der Waals surface area (Å²) >= 11 is 6.11. The molecule has 2 aromatic heterocycles. The molecule has 2 heterocycles. The Bertz CT molecular complexity index is 950. The van der Waals surface area contributed by atoms with Crippen LogP contribution in [0.15, 0.2) is 61.1 Å². The lowest BCUT2D eigenvalue weighted by atomic mass is 10.2. The van der Waals surface area contributed by atoms with E-state index in [1.807, 2.05) is 25.2 Å². The van der Waals surface area contributed by atoms with Crippen molar-refractivity contribution in [3.63, 3.8) is 0 Å². The van der Waals surface area contributed by atoms with E-state index in [9.17, 15) is 4.79 Å². The van der Waals surface area contributed by atoms with Gasteiger partial charge in [-0.05, 0) is 54.4 Å². The highest BCUT2D eigenvalue weighted by molar-refractivity contribution is 6.32. The van der Waals surface area contributed by atoms with Crippen molar-refractivity contribution in [3.8, 4) is 5.75 Å². The number of methoxy groups -OCH3 is 1. The quantitative estimate of drug-likeness (QED) is 0.652. The topological polar surface area (TPSA) is 67.3 Å². The summed E-state index contributed by atoms with van der Waals surface area (Å²) in [6.45, 7) is 0.809. The fourth-order valence-corrected chi connectivity index (χ4v) is 2.95. The van der Waals surface area contributed by atoms with Crippen molar-refractivity contribution < 1.29 is 9.53 Å². The van der Waals surface area contributed by atoms with Gasteiger partial charge in [0.1, 0.15) is 11.4 Å². The molecule has 0 fully saturated rings. The monoisotopic (exact) mass is 396 g/mol. The second-order valence-corrected chi connectivity index (χ2v) is 6.64. The van der Waals surface area contributed by atoms with Gasteiger partial charge in [0.2, 0.25) is 0 Å². The first-order chi connectivity index (χ1) is 13.6. The molecule has 0 spiro atoms. The highest BCUT2D eigenvalue weighted by atomic mass is 35.5. The molecule has 144 valence electrons. The van der Waals surface area contributed by atoms with Crippen molar-refractivity contribution in [3.05, 3.63) is 77.3 Å². The van der Waals surface area contributed by atoms with Gasteiger partial charge in [-0.2, -0.15) is 0 Å². The van der Waals surface area contributed by atoms with Crippen molar-refractivity contribution in [1.29, 1.82) is 0 Å². The molecule has 0 aliphatic heterocycles. The van der Waals surface area contributed by atoms with E-state index in [0.29, 0.717) is 22.2 Å². The SMILES string of the molecule is COc1ccc(NC(=O)c2cc(N(C)CCc3ccncc3)ccn2)cc1Cl. The predicted molar refractivity (Wildman–Crippen MR) is 111 cm³/mol. The number of likely N-dealkylation sites (N-methyl/N-ethyl adjacent to an activating group) is 1. The largest absolute Gasteiger partial charge is 0.495 e. The van der Waals surface area contributed by atoms with Crippen LogP contribution in [0.2, 0.25) is 5.02 Å². The average molecular weight is 397 g/mol. The number of carbonyl (C=O) groups is 1. The second-order valence-electron chi connectivity index (χ2n) is 6.23. The third kappa shape index (κ3) is 4.98. The normalized spacial score (nSPS) is 10.4. The van der Waals surface area contributed by atoms with E-state index in [1.54, 1.807) is 50.0 Å². The molecular weight excluding hydrogens is 376 g/mol. The molecule has 6 nitrogen and oxygen atoms in total. The highest BCUT2D eigenvalue weighted by Gasteiger charge is 2.11. The lowest BCUT2D eigenvalue weighted by Crippen LogP contribution is -2.21. The number of ether oxygens (including phenoxy) is 1. The summed E-state index contributed by atoms with van der Waals surface area (Å²) in [6, 6.07) is 12.7. The first-order valence-corrected chi connectivity index (χ1v) is 9.15. The number of hydrogen-bond donors (Lipinski definition) is 1. The number of hydrogen-bond acceptors (Lipinski definition) is 5. The summed E-state index contributed by atoms with van der Waals surface area (Å²) in [5.74, 6) is 0.251. The van der Waals surface area contributed by atoms with Gasteiger partial charge in [-0.1, -0.05) is 11.6 Å². The molecule has 0 aliphatic rings. The number of pyridine rings is 2. The van der Waals surface area contributed by atoms with Gasteiger partial charge < -0.3 is 15.0 Å². The Morgan fingerprint density at radius 1 is 1.14 bits per heavy atom. The van der Waals surface area contributed by atoms with Gasteiger partial charge in [-0.15, -0.1) is 0 Å². The summed E-state index contributed by atoms with van der Waals surface area (Å²) in [7, 11) is 3.53. The van der Waals surface area contributed by atoms with Gasteiger partial charge >= 0.3 is 0 Å². The van der Waals surface area contributed by atoms with E-state index < -0.39 is 0 Å². The van der Waals surface area contributed by atoms with Crippen LogP contribution in [0.25, 0.3) is 0 Å². The number of amides is 1. The van der Waals surface area contributed by atoms with Crippen molar-refractivity contribution in [1.82, 2.24) is 9.97 Å². The first kappa shape index (κ1) is 19.6. The molecule has 0 saturated heterocycles. The summed E-state index contributed by atoms with van der Waals surface area (Å²) in [4.78, 5) is 22.9. The Kier molecular flexibility index (Phi) is 6.45. The maximum Gasteiger partial charge on any atom is 0.274 e. The van der Waals surface area contributed by atoms with Gasteiger partial charge in [0.05, 0.1) is 12.1 Å². The molecule has 0 radical (unpaired) electrons. The van der Waals surface area contributed by atoms with Crippen molar-refractivity contribution >= 4 is 28.9 Å².